The van der Waals surface area contributed by atoms with Crippen LogP contribution in [0.3, 0.4) is 0 Å². The second kappa shape index (κ2) is 4.29. The van der Waals surface area contributed by atoms with Crippen LogP contribution in [0.5, 0.6) is 0 Å². The number of halogens is 2. The Kier molecular flexibility index (Phi) is 2.70. The molecule has 2 aromatic rings. The molecular weight excluding hydrogens is 270 g/mol. The summed E-state index contributed by atoms with van der Waals surface area (Å²) in [7, 11) is 0. The number of hydrogen-bond donors (Lipinski definition) is 3. The first-order valence-electron chi connectivity index (χ1n) is 6.06. The van der Waals surface area contributed by atoms with Crippen LogP contribution >= 0.6 is 0 Å². The second-order valence-electron chi connectivity index (χ2n) is 4.73. The highest BCUT2D eigenvalue weighted by atomic mass is 19.2. The summed E-state index contributed by atoms with van der Waals surface area (Å²) < 4.78 is 27.0. The minimum absolute atomic E-state index is 0.0849. The molecule has 106 valence electrons. The molecule has 0 atom stereocenters. The number of rotatable bonds is 2. The van der Waals surface area contributed by atoms with E-state index in [1.807, 2.05) is 0 Å². The van der Waals surface area contributed by atoms with Crippen LogP contribution in [0.2, 0.25) is 0 Å². The summed E-state index contributed by atoms with van der Waals surface area (Å²) in [5.74, 6) is -0.299. The van der Waals surface area contributed by atoms with Crippen molar-refractivity contribution in [3.63, 3.8) is 0 Å². The van der Waals surface area contributed by atoms with E-state index in [1.54, 1.807) is 0 Å². The van der Waals surface area contributed by atoms with Gasteiger partial charge in [0.05, 0.1) is 16.9 Å². The Balaban J connectivity index is 2.37. The summed E-state index contributed by atoms with van der Waals surface area (Å²) in [5, 5.41) is 11.6. The fraction of sp³-hybridized carbons (Fsp3) is 0.364. The van der Waals surface area contributed by atoms with Crippen molar-refractivity contribution in [3.8, 4) is 0 Å². The van der Waals surface area contributed by atoms with Crippen LogP contribution in [0.15, 0.2) is 5.16 Å². The molecule has 0 saturated heterocycles. The van der Waals surface area contributed by atoms with E-state index in [9.17, 15) is 8.87 Å². The third-order valence-corrected chi connectivity index (χ3v) is 3.63. The Morgan fingerprint density at radius 1 is 1.40 bits per heavy atom. The average Bonchev–Trinajstić information content (AvgIpc) is 2.64. The number of nitrogens with two attached hydrogens (primary N) is 2. The average molecular weight is 282 g/mol. The van der Waals surface area contributed by atoms with E-state index < -0.39 is 11.9 Å². The molecule has 1 aliphatic carbocycles. The Morgan fingerprint density at radius 3 is 2.65 bits per heavy atom. The number of amidine groups is 1. The molecule has 20 heavy (non-hydrogen) atoms. The Bertz CT molecular complexity index is 722. The van der Waals surface area contributed by atoms with Crippen molar-refractivity contribution in [2.24, 2.45) is 10.9 Å². The molecule has 1 fully saturated rings. The van der Waals surface area contributed by atoms with Crippen LogP contribution in [0.4, 0.5) is 14.6 Å². The van der Waals surface area contributed by atoms with Crippen molar-refractivity contribution in [1.29, 1.82) is 0 Å². The van der Waals surface area contributed by atoms with E-state index in [-0.39, 0.29) is 33.1 Å². The fourth-order valence-electron chi connectivity index (χ4n) is 2.38. The molecule has 7 nitrogen and oxygen atoms in total. The van der Waals surface area contributed by atoms with Gasteiger partial charge < -0.3 is 16.7 Å². The molecule has 2 aromatic heterocycles. The molecule has 0 spiro atoms. The van der Waals surface area contributed by atoms with Gasteiger partial charge in [0.2, 0.25) is 0 Å². The first kappa shape index (κ1) is 12.6. The minimum Gasteiger partial charge on any atom is -0.409 e. The van der Waals surface area contributed by atoms with Gasteiger partial charge in [-0.3, -0.25) is 0 Å². The normalized spacial score (nSPS) is 16.6. The smallest absolute Gasteiger partial charge is 0.320 e. The molecule has 9 heteroatoms. The number of imidazole rings is 1. The zero-order valence-corrected chi connectivity index (χ0v) is 10.3. The molecule has 1 aliphatic rings. The van der Waals surface area contributed by atoms with E-state index in [0.29, 0.717) is 5.69 Å². The third kappa shape index (κ3) is 1.59. The van der Waals surface area contributed by atoms with Crippen LogP contribution < -0.4 is 11.5 Å². The minimum atomic E-state index is -1.36. The zero-order valence-electron chi connectivity index (χ0n) is 10.3. The maximum atomic E-state index is 13.7. The topological polar surface area (TPSA) is 115 Å². The van der Waals surface area contributed by atoms with Gasteiger partial charge in [0.15, 0.2) is 11.5 Å². The van der Waals surface area contributed by atoms with E-state index in [0.717, 1.165) is 19.3 Å². The van der Waals surface area contributed by atoms with Gasteiger partial charge >= 0.3 is 6.08 Å². The number of hydrogen-bond acceptors (Lipinski definition) is 5. The molecule has 0 radical (unpaired) electrons. The van der Waals surface area contributed by atoms with E-state index in [4.69, 9.17) is 16.7 Å². The molecule has 0 unspecified atom stereocenters. The molecule has 1 saturated carbocycles. The van der Waals surface area contributed by atoms with E-state index >= 15 is 0 Å². The van der Waals surface area contributed by atoms with Crippen LogP contribution in [-0.2, 0) is 0 Å². The summed E-state index contributed by atoms with van der Waals surface area (Å²) in [5.41, 5.74) is 11.5. The lowest BCUT2D eigenvalue weighted by Gasteiger charge is -2.26. The largest absolute Gasteiger partial charge is 0.409 e. The number of anilines is 1. The molecule has 0 aliphatic heterocycles. The van der Waals surface area contributed by atoms with Crippen molar-refractivity contribution < 1.29 is 14.1 Å². The van der Waals surface area contributed by atoms with Crippen molar-refractivity contribution in [2.75, 3.05) is 5.73 Å². The number of nitrogens with zero attached hydrogens (tertiary/aromatic N) is 4. The summed E-state index contributed by atoms with van der Waals surface area (Å²) in [6.45, 7) is 0. The van der Waals surface area contributed by atoms with E-state index in [1.165, 1.54) is 0 Å². The van der Waals surface area contributed by atoms with Gasteiger partial charge in [0.1, 0.15) is 5.52 Å². The van der Waals surface area contributed by atoms with Crippen LogP contribution in [0.25, 0.3) is 11.2 Å². The quantitative estimate of drug-likeness (QED) is 0.332. The first-order valence-corrected chi connectivity index (χ1v) is 6.06. The van der Waals surface area contributed by atoms with Gasteiger partial charge in [0.25, 0.3) is 0 Å². The number of fused-ring (bicyclic) bond motifs is 1. The number of nitrogen functional groups attached to an aromatic ring is 1. The molecule has 5 N–H and O–H groups in total. The Labute approximate surface area is 111 Å². The second-order valence-corrected chi connectivity index (χ2v) is 4.73. The standard InChI is InChI=1S/C11H12F2N6O/c12-11-17-10-8(19(11)13)5(9(15)18-20)6(14)7(16-10)4-2-1-3-4/h4,20H,1-3,14H2,(H2,15,18). The van der Waals surface area contributed by atoms with Crippen molar-refractivity contribution in [3.05, 3.63) is 17.3 Å². The number of aromatic nitrogens is 3. The fourth-order valence-corrected chi connectivity index (χ4v) is 2.38. The summed E-state index contributed by atoms with van der Waals surface area (Å²) in [6, 6.07) is 0. The summed E-state index contributed by atoms with van der Waals surface area (Å²) >= 11 is 0. The van der Waals surface area contributed by atoms with Gasteiger partial charge in [-0.05, 0) is 12.8 Å². The van der Waals surface area contributed by atoms with Gasteiger partial charge in [-0.2, -0.15) is 9.37 Å². The summed E-state index contributed by atoms with van der Waals surface area (Å²) in [6.07, 6.45) is 1.45. The molecule has 0 aromatic carbocycles. The maximum absolute atomic E-state index is 13.7. The summed E-state index contributed by atoms with van der Waals surface area (Å²) in [4.78, 5) is 7.21. The molecule has 2 heterocycles. The number of oxime groups is 1. The molecule has 0 amide bonds. The number of pyridine rings is 1. The lowest BCUT2D eigenvalue weighted by atomic mass is 9.81. The van der Waals surface area contributed by atoms with Crippen molar-refractivity contribution >= 4 is 22.7 Å². The highest BCUT2D eigenvalue weighted by molar-refractivity contribution is 6.11. The van der Waals surface area contributed by atoms with Gasteiger partial charge in [-0.1, -0.05) is 16.1 Å². The molecule has 0 bridgehead atoms. The highest BCUT2D eigenvalue weighted by Gasteiger charge is 2.29. The lowest BCUT2D eigenvalue weighted by Crippen LogP contribution is -2.21. The van der Waals surface area contributed by atoms with Crippen LogP contribution in [-0.4, -0.2) is 25.8 Å². The zero-order chi connectivity index (χ0) is 14.4. The third-order valence-electron chi connectivity index (χ3n) is 3.63. The van der Waals surface area contributed by atoms with Gasteiger partial charge in [-0.15, -0.1) is 4.79 Å². The Hall–Kier alpha value is -2.45. The monoisotopic (exact) mass is 282 g/mol. The SMILES string of the molecule is N/C(=N\O)c1c(N)c(C2CCC2)nc2nc(F)n(F)c12. The van der Waals surface area contributed by atoms with Gasteiger partial charge in [-0.25, -0.2) is 4.98 Å². The Morgan fingerprint density at radius 2 is 2.10 bits per heavy atom. The van der Waals surface area contributed by atoms with Crippen molar-refractivity contribution in [2.45, 2.75) is 25.2 Å². The predicted molar refractivity (Wildman–Crippen MR) is 67.5 cm³/mol. The maximum Gasteiger partial charge on any atom is 0.320 e. The van der Waals surface area contributed by atoms with Crippen molar-refractivity contribution in [1.82, 2.24) is 14.8 Å². The van der Waals surface area contributed by atoms with Crippen LogP contribution in [0.1, 0.15) is 36.4 Å². The lowest BCUT2D eigenvalue weighted by molar-refractivity contribution is 0.301. The molecular formula is C11H12F2N6O. The van der Waals surface area contributed by atoms with Crippen LogP contribution in [0, 0.1) is 6.08 Å². The first-order chi connectivity index (χ1) is 9.54. The predicted octanol–water partition coefficient (Wildman–Crippen LogP) is 1.25. The highest BCUT2D eigenvalue weighted by Crippen LogP contribution is 2.40. The van der Waals surface area contributed by atoms with Gasteiger partial charge in [0, 0.05) is 5.92 Å². The molecule has 3 rings (SSSR count). The van der Waals surface area contributed by atoms with E-state index in [2.05, 4.69) is 15.1 Å².